The molecule has 22 heavy (non-hydrogen) atoms. The summed E-state index contributed by atoms with van der Waals surface area (Å²) in [6.07, 6.45) is 1.57. The van der Waals surface area contributed by atoms with Gasteiger partial charge in [-0.15, -0.1) is 0 Å². The van der Waals surface area contributed by atoms with Gasteiger partial charge in [-0.1, -0.05) is 17.7 Å². The Morgan fingerprint density at radius 1 is 1.36 bits per heavy atom. The first-order chi connectivity index (χ1) is 10.6. The molecular formula is C15H9ClN4O2. The number of fused-ring (bicyclic) bond motifs is 1. The van der Waals surface area contributed by atoms with E-state index in [1.165, 1.54) is 10.7 Å². The monoisotopic (exact) mass is 312 g/mol. The zero-order valence-corrected chi connectivity index (χ0v) is 11.9. The topological polar surface area (TPSA) is 91.8 Å². The molecule has 0 radical (unpaired) electrons. The Bertz CT molecular complexity index is 927. The summed E-state index contributed by atoms with van der Waals surface area (Å²) in [5.41, 5.74) is 1.72. The molecule has 108 valence electrons. The largest absolute Gasteiger partial charge is 0.476 e. The Balaban J connectivity index is 1.99. The number of hydrogen-bond donors (Lipinski definition) is 1. The Kier molecular flexibility index (Phi) is 3.49. The van der Waals surface area contributed by atoms with Crippen molar-refractivity contribution in [1.29, 1.82) is 5.26 Å². The molecule has 0 unspecified atom stereocenters. The van der Waals surface area contributed by atoms with Gasteiger partial charge in [0.05, 0.1) is 17.1 Å². The van der Waals surface area contributed by atoms with Gasteiger partial charge in [-0.25, -0.2) is 9.48 Å². The smallest absolute Gasteiger partial charge is 0.356 e. The zero-order valence-electron chi connectivity index (χ0n) is 11.2. The Labute approximate surface area is 130 Å². The number of aromatic nitrogens is 3. The van der Waals surface area contributed by atoms with Crippen molar-refractivity contribution < 1.29 is 9.90 Å². The molecule has 0 atom stereocenters. The zero-order chi connectivity index (χ0) is 15.7. The average molecular weight is 313 g/mol. The number of hydrogen-bond acceptors (Lipinski definition) is 4. The van der Waals surface area contributed by atoms with Crippen molar-refractivity contribution in [1.82, 2.24) is 14.8 Å². The van der Waals surface area contributed by atoms with Crippen LogP contribution in [0.1, 0.15) is 21.7 Å². The molecule has 1 aromatic carbocycles. The number of halogens is 1. The summed E-state index contributed by atoms with van der Waals surface area (Å²) in [5.74, 6) is -1.16. The third-order valence-corrected chi connectivity index (χ3v) is 3.36. The fourth-order valence-electron chi connectivity index (χ4n) is 2.16. The summed E-state index contributed by atoms with van der Waals surface area (Å²) in [6, 6.07) is 10.6. The highest BCUT2D eigenvalue weighted by Crippen LogP contribution is 2.19. The maximum Gasteiger partial charge on any atom is 0.356 e. The number of benzene rings is 1. The van der Waals surface area contributed by atoms with E-state index in [0.29, 0.717) is 11.6 Å². The van der Waals surface area contributed by atoms with Crippen LogP contribution in [-0.4, -0.2) is 25.8 Å². The first-order valence-electron chi connectivity index (χ1n) is 6.32. The fraction of sp³-hybridized carbons (Fsp3) is 0.0667. The third kappa shape index (κ3) is 2.62. The molecule has 0 aliphatic rings. The molecule has 0 aliphatic heterocycles. The van der Waals surface area contributed by atoms with Gasteiger partial charge in [0.25, 0.3) is 0 Å². The van der Waals surface area contributed by atoms with Crippen LogP contribution in [0.3, 0.4) is 0 Å². The number of aromatic carboxylic acids is 1. The molecular weight excluding hydrogens is 304 g/mol. The van der Waals surface area contributed by atoms with Gasteiger partial charge in [0, 0.05) is 17.6 Å². The first-order valence-corrected chi connectivity index (χ1v) is 6.70. The van der Waals surface area contributed by atoms with Gasteiger partial charge in [-0.2, -0.15) is 10.4 Å². The van der Waals surface area contributed by atoms with Crippen LogP contribution in [0.25, 0.3) is 10.9 Å². The predicted octanol–water partition coefficient (Wildman–Crippen LogP) is 2.70. The Morgan fingerprint density at radius 3 is 2.91 bits per heavy atom. The van der Waals surface area contributed by atoms with Gasteiger partial charge in [-0.3, -0.25) is 4.98 Å². The summed E-state index contributed by atoms with van der Waals surface area (Å²) >= 11 is 5.93. The SMILES string of the molecule is N#Cc1cc(C(=O)O)nn1Cc1ccc2ncc(Cl)cc2c1. The van der Waals surface area contributed by atoms with Gasteiger partial charge < -0.3 is 5.11 Å². The van der Waals surface area contributed by atoms with E-state index in [0.717, 1.165) is 16.5 Å². The maximum atomic E-state index is 10.9. The number of carboxylic acid groups (broad SMARTS) is 1. The van der Waals surface area contributed by atoms with Crippen LogP contribution >= 0.6 is 11.6 Å². The lowest BCUT2D eigenvalue weighted by Gasteiger charge is -2.05. The van der Waals surface area contributed by atoms with Crippen LogP contribution in [0.5, 0.6) is 0 Å². The van der Waals surface area contributed by atoms with Crippen molar-refractivity contribution in [3.63, 3.8) is 0 Å². The number of nitrogens with zero attached hydrogens (tertiary/aromatic N) is 4. The lowest BCUT2D eigenvalue weighted by Crippen LogP contribution is -2.06. The van der Waals surface area contributed by atoms with Crippen LogP contribution in [-0.2, 0) is 6.54 Å². The van der Waals surface area contributed by atoms with E-state index in [9.17, 15) is 4.79 Å². The maximum absolute atomic E-state index is 10.9. The standard InChI is InChI=1S/C15H9ClN4O2/c16-11-4-10-3-9(1-2-13(10)18-7-11)8-20-12(6-17)5-14(19-20)15(21)22/h1-5,7H,8H2,(H,21,22). The van der Waals surface area contributed by atoms with Gasteiger partial charge >= 0.3 is 5.97 Å². The number of carboxylic acids is 1. The molecule has 0 aliphatic carbocycles. The van der Waals surface area contributed by atoms with Gasteiger partial charge in [0.1, 0.15) is 11.8 Å². The molecule has 2 aromatic heterocycles. The number of pyridine rings is 1. The minimum atomic E-state index is -1.16. The molecule has 0 bridgehead atoms. The highest BCUT2D eigenvalue weighted by molar-refractivity contribution is 6.31. The lowest BCUT2D eigenvalue weighted by molar-refractivity contribution is 0.0689. The van der Waals surface area contributed by atoms with E-state index >= 15 is 0 Å². The van der Waals surface area contributed by atoms with Crippen molar-refractivity contribution >= 4 is 28.5 Å². The summed E-state index contributed by atoms with van der Waals surface area (Å²) in [5, 5.41) is 23.3. The normalized spacial score (nSPS) is 10.5. The van der Waals surface area contributed by atoms with E-state index in [1.807, 2.05) is 24.3 Å². The van der Waals surface area contributed by atoms with E-state index in [4.69, 9.17) is 22.0 Å². The summed E-state index contributed by atoms with van der Waals surface area (Å²) in [4.78, 5) is 15.1. The molecule has 3 rings (SSSR count). The average Bonchev–Trinajstić information content (AvgIpc) is 2.90. The van der Waals surface area contributed by atoms with Crippen LogP contribution < -0.4 is 0 Å². The molecule has 0 fully saturated rings. The van der Waals surface area contributed by atoms with E-state index in [1.54, 1.807) is 12.3 Å². The second kappa shape index (κ2) is 5.47. The van der Waals surface area contributed by atoms with Crippen LogP contribution in [0.15, 0.2) is 36.5 Å². The van der Waals surface area contributed by atoms with E-state index in [-0.39, 0.29) is 11.4 Å². The number of nitriles is 1. The molecule has 6 nitrogen and oxygen atoms in total. The van der Waals surface area contributed by atoms with Gasteiger partial charge in [-0.05, 0) is 23.8 Å². The van der Waals surface area contributed by atoms with Crippen molar-refractivity contribution in [3.8, 4) is 6.07 Å². The van der Waals surface area contributed by atoms with Crippen molar-refractivity contribution in [3.05, 3.63) is 58.5 Å². The molecule has 0 amide bonds. The molecule has 3 aromatic rings. The minimum Gasteiger partial charge on any atom is -0.476 e. The summed E-state index contributed by atoms with van der Waals surface area (Å²) in [6.45, 7) is 0.290. The van der Waals surface area contributed by atoms with Crippen molar-refractivity contribution in [2.24, 2.45) is 0 Å². The molecule has 7 heteroatoms. The molecule has 1 N–H and O–H groups in total. The van der Waals surface area contributed by atoms with Crippen molar-refractivity contribution in [2.75, 3.05) is 0 Å². The van der Waals surface area contributed by atoms with Gasteiger partial charge in [0.2, 0.25) is 0 Å². The highest BCUT2D eigenvalue weighted by Gasteiger charge is 2.13. The minimum absolute atomic E-state index is 0.151. The third-order valence-electron chi connectivity index (χ3n) is 3.16. The number of rotatable bonds is 3. The second-order valence-electron chi connectivity index (χ2n) is 4.67. The molecule has 2 heterocycles. The van der Waals surface area contributed by atoms with Crippen LogP contribution in [0, 0.1) is 11.3 Å². The van der Waals surface area contributed by atoms with Crippen LogP contribution in [0.4, 0.5) is 0 Å². The summed E-state index contributed by atoms with van der Waals surface area (Å²) in [7, 11) is 0. The van der Waals surface area contributed by atoms with E-state index in [2.05, 4.69) is 10.1 Å². The highest BCUT2D eigenvalue weighted by atomic mass is 35.5. The first kappa shape index (κ1) is 14.0. The molecule has 0 saturated heterocycles. The number of carbonyl (C=O) groups is 1. The van der Waals surface area contributed by atoms with Crippen LogP contribution in [0.2, 0.25) is 5.02 Å². The Hall–Kier alpha value is -2.91. The predicted molar refractivity (Wildman–Crippen MR) is 79.8 cm³/mol. The van der Waals surface area contributed by atoms with Gasteiger partial charge in [0.15, 0.2) is 5.69 Å². The lowest BCUT2D eigenvalue weighted by atomic mass is 10.1. The fourth-order valence-corrected chi connectivity index (χ4v) is 2.32. The quantitative estimate of drug-likeness (QED) is 0.802. The van der Waals surface area contributed by atoms with Crippen molar-refractivity contribution in [2.45, 2.75) is 6.54 Å². The second-order valence-corrected chi connectivity index (χ2v) is 5.11. The summed E-state index contributed by atoms with van der Waals surface area (Å²) < 4.78 is 1.36. The Morgan fingerprint density at radius 2 is 2.18 bits per heavy atom. The van der Waals surface area contributed by atoms with E-state index < -0.39 is 5.97 Å². The molecule has 0 saturated carbocycles. The molecule has 0 spiro atoms.